The predicted molar refractivity (Wildman–Crippen MR) is 107 cm³/mol. The third kappa shape index (κ3) is 4.72. The van der Waals surface area contributed by atoms with E-state index in [-0.39, 0.29) is 5.75 Å². The second-order valence-corrected chi connectivity index (χ2v) is 10.7. The number of guanidine groups is 1. The molecule has 2 fully saturated rings. The normalized spacial score (nSPS) is 22.6. The first-order valence-electron chi connectivity index (χ1n) is 9.60. The fourth-order valence-electron chi connectivity index (χ4n) is 3.60. The van der Waals surface area contributed by atoms with Crippen molar-refractivity contribution in [2.24, 2.45) is 4.99 Å². The lowest BCUT2D eigenvalue weighted by molar-refractivity contribution is 0.201. The molecule has 0 bridgehead atoms. The minimum Gasteiger partial charge on any atom is -0.474 e. The van der Waals surface area contributed by atoms with E-state index in [0.29, 0.717) is 37.6 Å². The summed E-state index contributed by atoms with van der Waals surface area (Å²) in [6.07, 6.45) is 6.82. The number of pyridine rings is 1. The maximum absolute atomic E-state index is 12.2. The molecule has 8 heteroatoms. The molecular weight excluding hydrogens is 364 g/mol. The quantitative estimate of drug-likeness (QED) is 0.621. The Bertz CT molecular complexity index is 769. The lowest BCUT2D eigenvalue weighted by atomic mass is 10.2. The molecule has 0 atom stereocenters. The number of hydrogen-bond donors (Lipinski definition) is 1. The van der Waals surface area contributed by atoms with Gasteiger partial charge in [0.05, 0.1) is 10.5 Å². The van der Waals surface area contributed by atoms with Gasteiger partial charge < -0.3 is 15.0 Å². The smallest absolute Gasteiger partial charge is 0.213 e. The van der Waals surface area contributed by atoms with Gasteiger partial charge in [-0.05, 0) is 45.1 Å². The Kier molecular flexibility index (Phi) is 5.93. The van der Waals surface area contributed by atoms with Crippen molar-refractivity contribution in [1.29, 1.82) is 0 Å². The van der Waals surface area contributed by atoms with Crippen LogP contribution in [0.3, 0.4) is 0 Å². The minimum absolute atomic E-state index is 0.148. The number of nitrogens with zero attached hydrogens (tertiary/aromatic N) is 3. The van der Waals surface area contributed by atoms with Gasteiger partial charge >= 0.3 is 0 Å². The van der Waals surface area contributed by atoms with Crippen molar-refractivity contribution in [3.05, 3.63) is 23.9 Å². The topological polar surface area (TPSA) is 83.9 Å². The lowest BCUT2D eigenvalue weighted by Crippen LogP contribution is -2.57. The van der Waals surface area contributed by atoms with E-state index in [4.69, 9.17) is 4.74 Å². The molecule has 1 saturated heterocycles. The van der Waals surface area contributed by atoms with Crippen LogP contribution in [-0.4, -0.2) is 61.0 Å². The summed E-state index contributed by atoms with van der Waals surface area (Å²) in [6.45, 7) is 5.01. The molecule has 0 unspecified atom stereocenters. The van der Waals surface area contributed by atoms with Crippen LogP contribution in [0.4, 0.5) is 0 Å². The van der Waals surface area contributed by atoms with Crippen molar-refractivity contribution in [3.8, 4) is 5.88 Å². The van der Waals surface area contributed by atoms with Gasteiger partial charge in [-0.3, -0.25) is 4.99 Å². The largest absolute Gasteiger partial charge is 0.474 e. The zero-order valence-corrected chi connectivity index (χ0v) is 17.3. The van der Waals surface area contributed by atoms with Gasteiger partial charge in [0.1, 0.15) is 6.10 Å². The van der Waals surface area contributed by atoms with Crippen LogP contribution in [0.15, 0.2) is 23.3 Å². The van der Waals surface area contributed by atoms with Crippen LogP contribution >= 0.6 is 0 Å². The van der Waals surface area contributed by atoms with E-state index in [0.717, 1.165) is 18.4 Å². The average molecular weight is 395 g/mol. The highest BCUT2D eigenvalue weighted by Crippen LogP contribution is 2.24. The highest BCUT2D eigenvalue weighted by atomic mass is 32.2. The summed E-state index contributed by atoms with van der Waals surface area (Å²) in [5, 5.41) is 3.31. The molecule has 1 aromatic rings. The Morgan fingerprint density at radius 3 is 2.70 bits per heavy atom. The minimum atomic E-state index is -3.07. The standard InChI is InChI=1S/C19H30N4O3S/c1-19(2)14-23(10-11-27(19,24)25)18(20-3)22-13-15-8-9-17(21-12-15)26-16-6-4-5-7-16/h8-9,12,16H,4-7,10-11,13-14H2,1-3H3,(H,20,22). The zero-order chi connectivity index (χ0) is 19.5. The van der Waals surface area contributed by atoms with Gasteiger partial charge in [-0.2, -0.15) is 0 Å². The van der Waals surface area contributed by atoms with Crippen molar-refractivity contribution < 1.29 is 13.2 Å². The molecule has 7 nitrogen and oxygen atoms in total. The fraction of sp³-hybridized carbons (Fsp3) is 0.684. The summed E-state index contributed by atoms with van der Waals surface area (Å²) in [4.78, 5) is 10.7. The molecular formula is C19H30N4O3S. The number of aliphatic imine (C=N–C) groups is 1. The first-order valence-corrected chi connectivity index (χ1v) is 11.3. The fourth-order valence-corrected chi connectivity index (χ4v) is 4.97. The van der Waals surface area contributed by atoms with Crippen molar-refractivity contribution >= 4 is 15.8 Å². The number of sulfone groups is 1. The van der Waals surface area contributed by atoms with Crippen molar-refractivity contribution in [2.75, 3.05) is 25.9 Å². The van der Waals surface area contributed by atoms with Gasteiger partial charge in [0, 0.05) is 38.9 Å². The van der Waals surface area contributed by atoms with Gasteiger partial charge in [-0.15, -0.1) is 0 Å². The number of ether oxygens (including phenoxy) is 1. The summed E-state index contributed by atoms with van der Waals surface area (Å²) >= 11 is 0. The molecule has 0 spiro atoms. The van der Waals surface area contributed by atoms with Crippen LogP contribution in [0.1, 0.15) is 45.1 Å². The Morgan fingerprint density at radius 2 is 2.11 bits per heavy atom. The van der Waals surface area contributed by atoms with E-state index < -0.39 is 14.6 Å². The van der Waals surface area contributed by atoms with Crippen LogP contribution in [-0.2, 0) is 16.4 Å². The number of aromatic nitrogens is 1. The predicted octanol–water partition coefficient (Wildman–Crippen LogP) is 1.99. The monoisotopic (exact) mass is 394 g/mol. The molecule has 150 valence electrons. The van der Waals surface area contributed by atoms with E-state index in [9.17, 15) is 8.42 Å². The van der Waals surface area contributed by atoms with Gasteiger partial charge in [-0.1, -0.05) is 6.07 Å². The molecule has 1 aliphatic heterocycles. The molecule has 1 saturated carbocycles. The highest BCUT2D eigenvalue weighted by Gasteiger charge is 2.40. The Balaban J connectivity index is 1.55. The van der Waals surface area contributed by atoms with E-state index in [1.807, 2.05) is 23.2 Å². The number of nitrogens with one attached hydrogen (secondary N) is 1. The molecule has 0 amide bonds. The average Bonchev–Trinajstić information content (AvgIpc) is 3.13. The Morgan fingerprint density at radius 1 is 1.37 bits per heavy atom. The molecule has 3 rings (SSSR count). The Hall–Kier alpha value is -1.83. The Labute approximate surface area is 162 Å². The third-order valence-corrected chi connectivity index (χ3v) is 7.93. The summed E-state index contributed by atoms with van der Waals surface area (Å²) in [5.41, 5.74) is 1.03. The van der Waals surface area contributed by atoms with E-state index in [2.05, 4.69) is 15.3 Å². The molecule has 0 aromatic carbocycles. The van der Waals surface area contributed by atoms with Gasteiger partial charge in [0.2, 0.25) is 5.88 Å². The maximum Gasteiger partial charge on any atom is 0.213 e. The second kappa shape index (κ2) is 8.04. The van der Waals surface area contributed by atoms with E-state index in [1.54, 1.807) is 20.9 Å². The van der Waals surface area contributed by atoms with Gasteiger partial charge in [0.15, 0.2) is 15.8 Å². The highest BCUT2D eigenvalue weighted by molar-refractivity contribution is 7.92. The molecule has 1 aliphatic carbocycles. The van der Waals surface area contributed by atoms with Crippen LogP contribution in [0, 0.1) is 0 Å². The third-order valence-electron chi connectivity index (χ3n) is 5.39. The van der Waals surface area contributed by atoms with Crippen LogP contribution in [0.2, 0.25) is 0 Å². The number of hydrogen-bond acceptors (Lipinski definition) is 5. The molecule has 1 aromatic heterocycles. The van der Waals surface area contributed by atoms with E-state index >= 15 is 0 Å². The van der Waals surface area contributed by atoms with Crippen LogP contribution in [0.25, 0.3) is 0 Å². The van der Waals surface area contributed by atoms with Crippen LogP contribution < -0.4 is 10.1 Å². The first-order chi connectivity index (χ1) is 12.8. The van der Waals surface area contributed by atoms with Crippen LogP contribution in [0.5, 0.6) is 5.88 Å². The van der Waals surface area contributed by atoms with Crippen molar-refractivity contribution in [1.82, 2.24) is 15.2 Å². The molecule has 0 radical (unpaired) electrons. The molecule has 27 heavy (non-hydrogen) atoms. The number of rotatable bonds is 4. The summed E-state index contributed by atoms with van der Waals surface area (Å²) in [7, 11) is -1.35. The molecule has 2 heterocycles. The second-order valence-electron chi connectivity index (χ2n) is 7.93. The molecule has 1 N–H and O–H groups in total. The van der Waals surface area contributed by atoms with E-state index in [1.165, 1.54) is 12.8 Å². The molecule has 2 aliphatic rings. The zero-order valence-electron chi connectivity index (χ0n) is 16.4. The maximum atomic E-state index is 12.2. The van der Waals surface area contributed by atoms with Crippen molar-refractivity contribution in [2.45, 2.75) is 56.9 Å². The van der Waals surface area contributed by atoms with Crippen molar-refractivity contribution in [3.63, 3.8) is 0 Å². The SMILES string of the molecule is CN=C(NCc1ccc(OC2CCCC2)nc1)N1CCS(=O)(=O)C(C)(C)C1. The lowest BCUT2D eigenvalue weighted by Gasteiger charge is -2.39. The van der Waals surface area contributed by atoms with Gasteiger partial charge in [-0.25, -0.2) is 13.4 Å². The summed E-state index contributed by atoms with van der Waals surface area (Å²) < 4.78 is 29.5. The summed E-state index contributed by atoms with van der Waals surface area (Å²) in [5.74, 6) is 1.54. The summed E-state index contributed by atoms with van der Waals surface area (Å²) in [6, 6.07) is 3.91. The van der Waals surface area contributed by atoms with Gasteiger partial charge in [0.25, 0.3) is 0 Å². The first kappa shape index (κ1) is 19.9.